The first kappa shape index (κ1) is 18.5. The van der Waals surface area contributed by atoms with Crippen LogP contribution in [0.25, 0.3) is 0 Å². The van der Waals surface area contributed by atoms with Gasteiger partial charge in [-0.1, -0.05) is 0 Å². The summed E-state index contributed by atoms with van der Waals surface area (Å²) in [6, 6.07) is 2.94. The van der Waals surface area contributed by atoms with Gasteiger partial charge in [0.2, 0.25) is 10.0 Å². The molecule has 0 aromatic heterocycles. The quantitative estimate of drug-likeness (QED) is 0.782. The van der Waals surface area contributed by atoms with E-state index in [1.54, 1.807) is 6.07 Å². The first-order chi connectivity index (χ1) is 9.47. The largest absolute Gasteiger partial charge is 0.496 e. The van der Waals surface area contributed by atoms with Gasteiger partial charge >= 0.3 is 0 Å². The van der Waals surface area contributed by atoms with Crippen molar-refractivity contribution in [3.63, 3.8) is 0 Å². The highest BCUT2D eigenvalue weighted by atomic mass is 79.9. The Labute approximate surface area is 139 Å². The van der Waals surface area contributed by atoms with Crippen molar-refractivity contribution in [2.45, 2.75) is 17.4 Å². The fourth-order valence-corrected chi connectivity index (χ4v) is 4.00. The van der Waals surface area contributed by atoms with Gasteiger partial charge in [-0.3, -0.25) is 0 Å². The van der Waals surface area contributed by atoms with E-state index in [1.807, 2.05) is 0 Å². The molecule has 9 heteroatoms. The standard InChI is InChI=1S/C12H17BrN2O4S.ClH/c1-18-10-6-12(11(19-2)5-9(10)13)20(16,17)15-8-3-4-14-7-8;/h5-6,8,14-15H,3-4,7H2,1-2H3;1H. The molecule has 0 saturated carbocycles. The molecule has 0 spiro atoms. The summed E-state index contributed by atoms with van der Waals surface area (Å²) in [5.74, 6) is 0.715. The van der Waals surface area contributed by atoms with Crippen LogP contribution >= 0.6 is 28.3 Å². The fraction of sp³-hybridized carbons (Fsp3) is 0.500. The number of rotatable bonds is 5. The Hall–Kier alpha value is -0.540. The highest BCUT2D eigenvalue weighted by Gasteiger charge is 2.26. The molecule has 2 rings (SSSR count). The Kier molecular flexibility index (Phi) is 6.73. The van der Waals surface area contributed by atoms with Crippen molar-refractivity contribution < 1.29 is 17.9 Å². The molecule has 1 aliphatic rings. The van der Waals surface area contributed by atoms with Crippen LogP contribution in [0.2, 0.25) is 0 Å². The van der Waals surface area contributed by atoms with Gasteiger partial charge in [0.25, 0.3) is 0 Å². The van der Waals surface area contributed by atoms with Gasteiger partial charge in [-0.15, -0.1) is 12.4 Å². The van der Waals surface area contributed by atoms with Crippen LogP contribution in [0.1, 0.15) is 6.42 Å². The third-order valence-electron chi connectivity index (χ3n) is 3.11. The van der Waals surface area contributed by atoms with E-state index < -0.39 is 10.0 Å². The van der Waals surface area contributed by atoms with Crippen LogP contribution in [-0.2, 0) is 10.0 Å². The smallest absolute Gasteiger partial charge is 0.244 e. The lowest BCUT2D eigenvalue weighted by atomic mass is 10.3. The Morgan fingerprint density at radius 1 is 1.29 bits per heavy atom. The summed E-state index contributed by atoms with van der Waals surface area (Å²) < 4.78 is 38.5. The van der Waals surface area contributed by atoms with Crippen molar-refractivity contribution in [3.8, 4) is 11.5 Å². The second-order valence-corrected chi connectivity index (χ2v) is 6.99. The van der Waals surface area contributed by atoms with Gasteiger partial charge in [0.15, 0.2) is 0 Å². The lowest BCUT2D eigenvalue weighted by Crippen LogP contribution is -2.36. The average Bonchev–Trinajstić information content (AvgIpc) is 2.90. The van der Waals surface area contributed by atoms with Crippen LogP contribution in [0.5, 0.6) is 11.5 Å². The highest BCUT2D eigenvalue weighted by Crippen LogP contribution is 2.35. The summed E-state index contributed by atoms with van der Waals surface area (Å²) in [4.78, 5) is 0.0759. The average molecular weight is 402 g/mol. The SMILES string of the molecule is COc1cc(S(=O)(=O)NC2CCNC2)c(OC)cc1Br.Cl. The molecule has 21 heavy (non-hydrogen) atoms. The molecule has 0 bridgehead atoms. The van der Waals surface area contributed by atoms with E-state index in [9.17, 15) is 8.42 Å². The molecule has 120 valence electrons. The second-order valence-electron chi connectivity index (χ2n) is 4.45. The molecule has 1 aliphatic heterocycles. The molecule has 1 heterocycles. The Morgan fingerprint density at radius 2 is 1.95 bits per heavy atom. The number of hydrogen-bond acceptors (Lipinski definition) is 5. The highest BCUT2D eigenvalue weighted by molar-refractivity contribution is 9.10. The van der Waals surface area contributed by atoms with E-state index >= 15 is 0 Å². The third kappa shape index (κ3) is 4.23. The summed E-state index contributed by atoms with van der Waals surface area (Å²) >= 11 is 3.31. The summed E-state index contributed by atoms with van der Waals surface area (Å²) in [6.45, 7) is 1.45. The van der Waals surface area contributed by atoms with E-state index in [2.05, 4.69) is 26.0 Å². The number of hydrogen-bond donors (Lipinski definition) is 2. The van der Waals surface area contributed by atoms with E-state index in [-0.39, 0.29) is 29.1 Å². The Morgan fingerprint density at radius 3 is 2.48 bits per heavy atom. The molecule has 0 aliphatic carbocycles. The normalized spacial score (nSPS) is 18.1. The number of nitrogens with one attached hydrogen (secondary N) is 2. The molecule has 1 saturated heterocycles. The Balaban J connectivity index is 0.00000220. The van der Waals surface area contributed by atoms with Gasteiger partial charge in [-0.05, 0) is 35.0 Å². The summed E-state index contributed by atoms with van der Waals surface area (Å²) in [7, 11) is -0.733. The van der Waals surface area contributed by atoms with Crippen LogP contribution in [0.4, 0.5) is 0 Å². The summed E-state index contributed by atoms with van der Waals surface area (Å²) in [5.41, 5.74) is 0. The number of halogens is 2. The molecule has 1 fully saturated rings. The second kappa shape index (κ2) is 7.64. The molecular weight excluding hydrogens is 384 g/mol. The van der Waals surface area contributed by atoms with Gasteiger partial charge in [-0.25, -0.2) is 13.1 Å². The van der Waals surface area contributed by atoms with Gasteiger partial charge in [0.1, 0.15) is 16.4 Å². The van der Waals surface area contributed by atoms with Crippen LogP contribution < -0.4 is 19.5 Å². The van der Waals surface area contributed by atoms with Crippen molar-refractivity contribution in [1.29, 1.82) is 0 Å². The van der Waals surface area contributed by atoms with Crippen molar-refractivity contribution >= 4 is 38.4 Å². The predicted molar refractivity (Wildman–Crippen MR) is 86.1 cm³/mol. The Bertz CT molecular complexity index is 591. The fourth-order valence-electron chi connectivity index (χ4n) is 2.08. The minimum atomic E-state index is -3.65. The molecule has 1 aromatic rings. The van der Waals surface area contributed by atoms with E-state index in [1.165, 1.54) is 20.3 Å². The lowest BCUT2D eigenvalue weighted by molar-refractivity contribution is 0.390. The number of benzene rings is 1. The first-order valence-corrected chi connectivity index (χ1v) is 8.40. The van der Waals surface area contributed by atoms with Crippen molar-refractivity contribution in [1.82, 2.24) is 10.0 Å². The van der Waals surface area contributed by atoms with Crippen molar-refractivity contribution in [3.05, 3.63) is 16.6 Å². The van der Waals surface area contributed by atoms with E-state index in [0.717, 1.165) is 13.0 Å². The zero-order valence-corrected chi connectivity index (χ0v) is 14.9. The van der Waals surface area contributed by atoms with Crippen LogP contribution in [0.15, 0.2) is 21.5 Å². The number of sulfonamides is 1. The van der Waals surface area contributed by atoms with Gasteiger partial charge in [-0.2, -0.15) is 0 Å². The number of ether oxygens (including phenoxy) is 2. The van der Waals surface area contributed by atoms with E-state index in [0.29, 0.717) is 16.8 Å². The molecule has 2 N–H and O–H groups in total. The van der Waals surface area contributed by atoms with E-state index in [4.69, 9.17) is 9.47 Å². The maximum Gasteiger partial charge on any atom is 0.244 e. The zero-order chi connectivity index (χ0) is 14.8. The molecule has 0 radical (unpaired) electrons. The molecular formula is C12H18BrClN2O4S. The van der Waals surface area contributed by atoms with Crippen molar-refractivity contribution in [2.75, 3.05) is 27.3 Å². The van der Waals surface area contributed by atoms with Crippen LogP contribution in [-0.4, -0.2) is 41.8 Å². The summed E-state index contributed by atoms with van der Waals surface area (Å²) in [5, 5.41) is 3.12. The third-order valence-corrected chi connectivity index (χ3v) is 5.27. The predicted octanol–water partition coefficient (Wildman–Crippen LogP) is 1.53. The molecule has 0 amide bonds. The van der Waals surface area contributed by atoms with Crippen molar-refractivity contribution in [2.24, 2.45) is 0 Å². The maximum atomic E-state index is 12.5. The minimum absolute atomic E-state index is 0. The van der Waals surface area contributed by atoms with Gasteiger partial charge in [0, 0.05) is 18.7 Å². The number of methoxy groups -OCH3 is 2. The zero-order valence-electron chi connectivity index (χ0n) is 11.7. The molecule has 6 nitrogen and oxygen atoms in total. The maximum absolute atomic E-state index is 12.5. The van der Waals surface area contributed by atoms with Crippen LogP contribution in [0, 0.1) is 0 Å². The van der Waals surface area contributed by atoms with Crippen LogP contribution in [0.3, 0.4) is 0 Å². The first-order valence-electron chi connectivity index (χ1n) is 6.12. The monoisotopic (exact) mass is 400 g/mol. The molecule has 1 unspecified atom stereocenters. The molecule has 1 atom stereocenters. The van der Waals surface area contributed by atoms with Gasteiger partial charge < -0.3 is 14.8 Å². The minimum Gasteiger partial charge on any atom is -0.496 e. The van der Waals surface area contributed by atoms with Gasteiger partial charge in [0.05, 0.1) is 18.7 Å². The lowest BCUT2D eigenvalue weighted by Gasteiger charge is -2.16. The summed E-state index contributed by atoms with van der Waals surface area (Å²) in [6.07, 6.45) is 0.773. The topological polar surface area (TPSA) is 76.7 Å². The molecule has 1 aromatic carbocycles.